The molecule has 0 aromatic carbocycles. The fourth-order valence-corrected chi connectivity index (χ4v) is 2.01. The molecule has 0 unspecified atom stereocenters. The Kier molecular flexibility index (Phi) is 2.29. The number of aryl methyl sites for hydroxylation is 1. The lowest BCUT2D eigenvalue weighted by Crippen LogP contribution is -2.37. The molecule has 14 heavy (non-hydrogen) atoms. The first kappa shape index (κ1) is 9.62. The van der Waals surface area contributed by atoms with Crippen LogP contribution in [0.2, 0.25) is 0 Å². The Balaban J connectivity index is 1.93. The number of nitrogens with zero attached hydrogens (tertiary/aromatic N) is 2. The lowest BCUT2D eigenvalue weighted by molar-refractivity contribution is -0.114. The van der Waals surface area contributed by atoms with Crippen LogP contribution in [0.5, 0.6) is 0 Å². The second-order valence-electron chi connectivity index (χ2n) is 3.98. The smallest absolute Gasteiger partial charge is 0.248 e. The quantitative estimate of drug-likeness (QED) is 0.733. The van der Waals surface area contributed by atoms with Crippen molar-refractivity contribution in [3.05, 3.63) is 18.2 Å². The first-order valence-corrected chi connectivity index (χ1v) is 4.98. The highest BCUT2D eigenvalue weighted by molar-refractivity contribution is 4.94. The average molecular weight is 200 g/mol. The van der Waals surface area contributed by atoms with Crippen molar-refractivity contribution in [2.24, 2.45) is 5.92 Å². The average Bonchev–Trinajstić information content (AvgIpc) is 2.48. The standard InChI is InChI=1S/C10H14F2N2/c1-2-9-13-3-4-14(9)7-8-5-10(11,12)6-8/h3-4,8H,2,5-7H2,1H3. The molecular formula is C10H14F2N2. The molecule has 78 valence electrons. The van der Waals surface area contributed by atoms with Gasteiger partial charge >= 0.3 is 0 Å². The largest absolute Gasteiger partial charge is 0.335 e. The van der Waals surface area contributed by atoms with Crippen LogP contribution in [0.4, 0.5) is 8.78 Å². The van der Waals surface area contributed by atoms with Gasteiger partial charge in [-0.1, -0.05) is 6.92 Å². The van der Waals surface area contributed by atoms with Gasteiger partial charge in [-0.25, -0.2) is 13.8 Å². The monoisotopic (exact) mass is 200 g/mol. The highest BCUT2D eigenvalue weighted by atomic mass is 19.3. The van der Waals surface area contributed by atoms with Crippen molar-refractivity contribution in [2.45, 2.75) is 38.7 Å². The summed E-state index contributed by atoms with van der Waals surface area (Å²) in [5.74, 6) is -1.29. The van der Waals surface area contributed by atoms with E-state index >= 15 is 0 Å². The molecule has 4 heteroatoms. The fourth-order valence-electron chi connectivity index (χ4n) is 2.01. The molecule has 2 nitrogen and oxygen atoms in total. The van der Waals surface area contributed by atoms with Gasteiger partial charge in [0.05, 0.1) is 0 Å². The van der Waals surface area contributed by atoms with Crippen molar-refractivity contribution in [3.63, 3.8) is 0 Å². The van der Waals surface area contributed by atoms with Crippen molar-refractivity contribution in [1.82, 2.24) is 9.55 Å². The molecule has 0 atom stereocenters. The van der Waals surface area contributed by atoms with Gasteiger partial charge in [-0.3, -0.25) is 0 Å². The van der Waals surface area contributed by atoms with Crippen LogP contribution >= 0.6 is 0 Å². The third-order valence-electron chi connectivity index (χ3n) is 2.75. The Morgan fingerprint density at radius 1 is 1.57 bits per heavy atom. The molecule has 0 spiro atoms. The van der Waals surface area contributed by atoms with Gasteiger partial charge in [-0.05, 0) is 5.92 Å². The van der Waals surface area contributed by atoms with E-state index < -0.39 is 5.92 Å². The topological polar surface area (TPSA) is 17.8 Å². The van der Waals surface area contributed by atoms with Crippen molar-refractivity contribution in [1.29, 1.82) is 0 Å². The zero-order chi connectivity index (χ0) is 10.2. The van der Waals surface area contributed by atoms with E-state index in [9.17, 15) is 8.78 Å². The normalized spacial score (nSPS) is 20.8. The third-order valence-corrected chi connectivity index (χ3v) is 2.75. The second-order valence-corrected chi connectivity index (χ2v) is 3.98. The number of hydrogen-bond acceptors (Lipinski definition) is 1. The van der Waals surface area contributed by atoms with Gasteiger partial charge in [-0.15, -0.1) is 0 Å². The molecule has 0 amide bonds. The van der Waals surface area contributed by atoms with E-state index in [1.54, 1.807) is 6.20 Å². The Labute approximate surface area is 82.0 Å². The van der Waals surface area contributed by atoms with E-state index in [1.807, 2.05) is 17.7 Å². The number of rotatable bonds is 3. The molecule has 0 N–H and O–H groups in total. The maximum Gasteiger partial charge on any atom is 0.248 e. The molecular weight excluding hydrogens is 186 g/mol. The Hall–Kier alpha value is -0.930. The minimum atomic E-state index is -2.41. The SMILES string of the molecule is CCc1nccn1CC1CC(F)(F)C1. The summed E-state index contributed by atoms with van der Waals surface area (Å²) >= 11 is 0. The summed E-state index contributed by atoms with van der Waals surface area (Å²) in [4.78, 5) is 4.16. The second kappa shape index (κ2) is 3.33. The summed E-state index contributed by atoms with van der Waals surface area (Å²) in [6, 6.07) is 0. The summed E-state index contributed by atoms with van der Waals surface area (Å²) in [6.45, 7) is 2.72. The predicted molar refractivity (Wildman–Crippen MR) is 49.3 cm³/mol. The van der Waals surface area contributed by atoms with Crippen molar-refractivity contribution in [3.8, 4) is 0 Å². The van der Waals surface area contributed by atoms with E-state index in [2.05, 4.69) is 4.98 Å². The van der Waals surface area contributed by atoms with Gasteiger partial charge in [0.1, 0.15) is 5.82 Å². The highest BCUT2D eigenvalue weighted by Gasteiger charge is 2.45. The van der Waals surface area contributed by atoms with Gasteiger partial charge in [0.15, 0.2) is 0 Å². The zero-order valence-corrected chi connectivity index (χ0v) is 8.21. The van der Waals surface area contributed by atoms with Crippen LogP contribution in [-0.2, 0) is 13.0 Å². The van der Waals surface area contributed by atoms with Crippen LogP contribution in [0, 0.1) is 5.92 Å². The van der Waals surface area contributed by atoms with Gasteiger partial charge in [-0.2, -0.15) is 0 Å². The summed E-state index contributed by atoms with van der Waals surface area (Å²) in [7, 11) is 0. The van der Waals surface area contributed by atoms with E-state index in [0.29, 0.717) is 6.54 Å². The molecule has 1 aliphatic rings. The number of hydrogen-bond donors (Lipinski definition) is 0. The zero-order valence-electron chi connectivity index (χ0n) is 8.21. The molecule has 0 saturated heterocycles. The molecule has 1 aliphatic carbocycles. The summed E-state index contributed by atoms with van der Waals surface area (Å²) in [5.41, 5.74) is 0. The van der Waals surface area contributed by atoms with E-state index in [0.717, 1.165) is 12.2 Å². The van der Waals surface area contributed by atoms with Crippen LogP contribution < -0.4 is 0 Å². The van der Waals surface area contributed by atoms with Crippen molar-refractivity contribution < 1.29 is 8.78 Å². The van der Waals surface area contributed by atoms with Crippen LogP contribution in [0.1, 0.15) is 25.6 Å². The molecule has 1 aromatic rings. The minimum absolute atomic E-state index is 0.0360. The maximum atomic E-state index is 12.6. The van der Waals surface area contributed by atoms with Crippen LogP contribution in [0.25, 0.3) is 0 Å². The molecule has 1 fully saturated rings. The van der Waals surface area contributed by atoms with Gasteiger partial charge in [0.25, 0.3) is 0 Å². The molecule has 0 bridgehead atoms. The molecule has 1 saturated carbocycles. The number of imidazole rings is 1. The van der Waals surface area contributed by atoms with Gasteiger partial charge in [0.2, 0.25) is 5.92 Å². The van der Waals surface area contributed by atoms with E-state index in [1.165, 1.54) is 0 Å². The molecule has 0 radical (unpaired) electrons. The summed E-state index contributed by atoms with van der Waals surface area (Å²) < 4.78 is 27.1. The molecule has 1 heterocycles. The first-order valence-electron chi connectivity index (χ1n) is 4.98. The summed E-state index contributed by atoms with van der Waals surface area (Å²) in [6.07, 6.45) is 4.53. The van der Waals surface area contributed by atoms with Gasteiger partial charge in [0, 0.05) is 38.2 Å². The lowest BCUT2D eigenvalue weighted by Gasteiger charge is -2.35. The van der Waals surface area contributed by atoms with Gasteiger partial charge < -0.3 is 4.57 Å². The number of alkyl halides is 2. The number of aromatic nitrogens is 2. The number of halogens is 2. The lowest BCUT2D eigenvalue weighted by atomic mass is 9.81. The van der Waals surface area contributed by atoms with E-state index in [4.69, 9.17) is 0 Å². The van der Waals surface area contributed by atoms with Crippen LogP contribution in [0.15, 0.2) is 12.4 Å². The highest BCUT2D eigenvalue weighted by Crippen LogP contribution is 2.43. The van der Waals surface area contributed by atoms with Crippen molar-refractivity contribution >= 4 is 0 Å². The van der Waals surface area contributed by atoms with Crippen molar-refractivity contribution in [2.75, 3.05) is 0 Å². The molecule has 2 rings (SSSR count). The Bertz CT molecular complexity index is 312. The first-order chi connectivity index (χ1) is 6.61. The third kappa shape index (κ3) is 1.79. The summed E-state index contributed by atoms with van der Waals surface area (Å²) in [5, 5.41) is 0. The maximum absolute atomic E-state index is 12.6. The molecule has 0 aliphatic heterocycles. The van der Waals surface area contributed by atoms with E-state index in [-0.39, 0.29) is 18.8 Å². The van der Waals surface area contributed by atoms with Crippen LogP contribution in [-0.4, -0.2) is 15.5 Å². The Morgan fingerprint density at radius 2 is 2.29 bits per heavy atom. The minimum Gasteiger partial charge on any atom is -0.335 e. The fraction of sp³-hybridized carbons (Fsp3) is 0.700. The Morgan fingerprint density at radius 3 is 2.86 bits per heavy atom. The predicted octanol–water partition coefficient (Wildman–Crippen LogP) is 2.49. The van der Waals surface area contributed by atoms with Crippen LogP contribution in [0.3, 0.4) is 0 Å². The molecule has 1 aromatic heterocycles.